The van der Waals surface area contributed by atoms with E-state index in [0.29, 0.717) is 11.6 Å². The fraction of sp³-hybridized carbons (Fsp3) is 0.500. The molecule has 0 bridgehead atoms. The second-order valence-corrected chi connectivity index (χ2v) is 5.19. The molecule has 1 aromatic carbocycles. The highest BCUT2D eigenvalue weighted by atomic mass is 16.6. The Morgan fingerprint density at radius 3 is 2.90 bits per heavy atom. The number of rotatable bonds is 4. The summed E-state index contributed by atoms with van der Waals surface area (Å²) in [6.07, 6.45) is 1.73. The van der Waals surface area contributed by atoms with Gasteiger partial charge in [0.1, 0.15) is 5.75 Å². The van der Waals surface area contributed by atoms with E-state index < -0.39 is 4.92 Å². The lowest BCUT2D eigenvalue weighted by Crippen LogP contribution is -2.46. The Hall–Kier alpha value is -2.15. The van der Waals surface area contributed by atoms with Crippen LogP contribution in [0.2, 0.25) is 0 Å². The SMILES string of the molecule is COc1cc([N+](=O)[O-])ccc1C(=O)NC1CCNC(C)C1. The third kappa shape index (κ3) is 3.69. The molecule has 2 N–H and O–H groups in total. The van der Waals surface area contributed by atoms with Crippen molar-refractivity contribution < 1.29 is 14.5 Å². The molecule has 7 nitrogen and oxygen atoms in total. The largest absolute Gasteiger partial charge is 0.496 e. The standard InChI is InChI=1S/C14H19N3O4/c1-9-7-10(5-6-15-9)16-14(18)12-4-3-11(17(19)20)8-13(12)21-2/h3-4,8-10,15H,5-7H2,1-2H3,(H,16,18). The van der Waals surface area contributed by atoms with Gasteiger partial charge in [-0.15, -0.1) is 0 Å². The monoisotopic (exact) mass is 293 g/mol. The third-order valence-corrected chi connectivity index (χ3v) is 3.60. The Morgan fingerprint density at radius 2 is 2.29 bits per heavy atom. The van der Waals surface area contributed by atoms with Gasteiger partial charge in [-0.05, 0) is 32.4 Å². The molecule has 1 aromatic rings. The van der Waals surface area contributed by atoms with Gasteiger partial charge in [0.2, 0.25) is 0 Å². The van der Waals surface area contributed by atoms with Crippen molar-refractivity contribution in [2.24, 2.45) is 0 Å². The van der Waals surface area contributed by atoms with Crippen LogP contribution in [-0.4, -0.2) is 36.6 Å². The fourth-order valence-electron chi connectivity index (χ4n) is 2.51. The molecule has 0 aromatic heterocycles. The van der Waals surface area contributed by atoms with E-state index in [0.717, 1.165) is 19.4 Å². The number of ether oxygens (including phenoxy) is 1. The van der Waals surface area contributed by atoms with Gasteiger partial charge in [-0.2, -0.15) is 0 Å². The Bertz CT molecular complexity index is 547. The highest BCUT2D eigenvalue weighted by molar-refractivity contribution is 5.97. The summed E-state index contributed by atoms with van der Waals surface area (Å²) >= 11 is 0. The number of methoxy groups -OCH3 is 1. The first-order valence-corrected chi connectivity index (χ1v) is 6.88. The molecule has 7 heteroatoms. The number of piperidine rings is 1. The molecular weight excluding hydrogens is 274 g/mol. The van der Waals surface area contributed by atoms with Gasteiger partial charge in [-0.3, -0.25) is 14.9 Å². The van der Waals surface area contributed by atoms with E-state index in [1.807, 2.05) is 0 Å². The maximum Gasteiger partial charge on any atom is 0.273 e. The lowest BCUT2D eigenvalue weighted by Gasteiger charge is -2.28. The Morgan fingerprint density at radius 1 is 1.52 bits per heavy atom. The molecule has 1 amide bonds. The zero-order valence-electron chi connectivity index (χ0n) is 12.1. The van der Waals surface area contributed by atoms with E-state index >= 15 is 0 Å². The molecule has 1 aliphatic rings. The number of non-ortho nitro benzene ring substituents is 1. The summed E-state index contributed by atoms with van der Waals surface area (Å²) < 4.78 is 5.09. The van der Waals surface area contributed by atoms with Gasteiger partial charge in [0.05, 0.1) is 23.7 Å². The summed E-state index contributed by atoms with van der Waals surface area (Å²) in [5.41, 5.74) is 0.216. The van der Waals surface area contributed by atoms with Gasteiger partial charge in [-0.1, -0.05) is 0 Å². The Balaban J connectivity index is 2.13. The normalized spacial score (nSPS) is 21.6. The molecule has 1 heterocycles. The van der Waals surface area contributed by atoms with E-state index in [9.17, 15) is 14.9 Å². The lowest BCUT2D eigenvalue weighted by atomic mass is 10.00. The first-order chi connectivity index (χ1) is 10.0. The van der Waals surface area contributed by atoms with Gasteiger partial charge in [0.25, 0.3) is 11.6 Å². The molecule has 0 spiro atoms. The zero-order chi connectivity index (χ0) is 15.4. The molecule has 2 atom stereocenters. The van der Waals surface area contributed by atoms with Crippen LogP contribution in [0.3, 0.4) is 0 Å². The van der Waals surface area contributed by atoms with Gasteiger partial charge in [-0.25, -0.2) is 0 Å². The smallest absolute Gasteiger partial charge is 0.273 e. The van der Waals surface area contributed by atoms with Crippen LogP contribution in [-0.2, 0) is 0 Å². The number of nitro groups is 1. The maximum atomic E-state index is 12.3. The molecule has 1 aliphatic heterocycles. The number of carbonyl (C=O) groups is 1. The van der Waals surface area contributed by atoms with Crippen molar-refractivity contribution in [2.75, 3.05) is 13.7 Å². The topological polar surface area (TPSA) is 93.5 Å². The molecule has 0 radical (unpaired) electrons. The van der Waals surface area contributed by atoms with E-state index in [1.165, 1.54) is 25.3 Å². The average molecular weight is 293 g/mol. The van der Waals surface area contributed by atoms with Crippen molar-refractivity contribution in [3.63, 3.8) is 0 Å². The first-order valence-electron chi connectivity index (χ1n) is 6.88. The highest BCUT2D eigenvalue weighted by Crippen LogP contribution is 2.24. The van der Waals surface area contributed by atoms with E-state index in [4.69, 9.17) is 4.74 Å². The number of nitro benzene ring substituents is 1. The van der Waals surface area contributed by atoms with Crippen LogP contribution >= 0.6 is 0 Å². The number of amides is 1. The van der Waals surface area contributed by atoms with Crippen molar-refractivity contribution in [1.29, 1.82) is 0 Å². The van der Waals surface area contributed by atoms with Crippen LogP contribution in [0, 0.1) is 10.1 Å². The number of nitrogens with one attached hydrogen (secondary N) is 2. The van der Waals surface area contributed by atoms with Gasteiger partial charge in [0.15, 0.2) is 0 Å². The van der Waals surface area contributed by atoms with Crippen LogP contribution in [0.4, 0.5) is 5.69 Å². The number of hydrogen-bond acceptors (Lipinski definition) is 5. The number of carbonyl (C=O) groups excluding carboxylic acids is 1. The van der Waals surface area contributed by atoms with Gasteiger partial charge < -0.3 is 15.4 Å². The van der Waals surface area contributed by atoms with Crippen molar-refractivity contribution >= 4 is 11.6 Å². The molecule has 0 aliphatic carbocycles. The zero-order valence-corrected chi connectivity index (χ0v) is 12.1. The van der Waals surface area contributed by atoms with E-state index in [2.05, 4.69) is 17.6 Å². The van der Waals surface area contributed by atoms with Crippen molar-refractivity contribution in [3.05, 3.63) is 33.9 Å². The molecular formula is C14H19N3O4. The summed E-state index contributed by atoms with van der Waals surface area (Å²) in [5, 5.41) is 17.0. The summed E-state index contributed by atoms with van der Waals surface area (Å²) in [4.78, 5) is 22.5. The van der Waals surface area contributed by atoms with Crippen molar-refractivity contribution in [2.45, 2.75) is 31.8 Å². The van der Waals surface area contributed by atoms with E-state index in [-0.39, 0.29) is 23.4 Å². The fourth-order valence-corrected chi connectivity index (χ4v) is 2.51. The molecule has 1 fully saturated rings. The summed E-state index contributed by atoms with van der Waals surface area (Å²) in [6, 6.07) is 4.47. The number of hydrogen-bond donors (Lipinski definition) is 2. The van der Waals surface area contributed by atoms with Crippen LogP contribution in [0.1, 0.15) is 30.1 Å². The molecule has 0 saturated carbocycles. The number of benzene rings is 1. The average Bonchev–Trinajstić information content (AvgIpc) is 2.46. The van der Waals surface area contributed by atoms with E-state index in [1.54, 1.807) is 0 Å². The minimum absolute atomic E-state index is 0.0983. The predicted octanol–water partition coefficient (Wildman–Crippen LogP) is 1.47. The lowest BCUT2D eigenvalue weighted by molar-refractivity contribution is -0.384. The first kappa shape index (κ1) is 15.2. The van der Waals surface area contributed by atoms with Crippen molar-refractivity contribution in [1.82, 2.24) is 10.6 Å². The van der Waals surface area contributed by atoms with Crippen LogP contribution in [0.25, 0.3) is 0 Å². The second-order valence-electron chi connectivity index (χ2n) is 5.19. The minimum atomic E-state index is -0.515. The van der Waals surface area contributed by atoms with Gasteiger partial charge in [0, 0.05) is 18.2 Å². The molecule has 2 unspecified atom stereocenters. The number of nitrogens with zero attached hydrogens (tertiary/aromatic N) is 1. The molecule has 114 valence electrons. The summed E-state index contributed by atoms with van der Waals surface area (Å²) in [7, 11) is 1.39. The Labute approximate surface area is 122 Å². The molecule has 21 heavy (non-hydrogen) atoms. The van der Waals surface area contributed by atoms with Crippen molar-refractivity contribution in [3.8, 4) is 5.75 Å². The maximum absolute atomic E-state index is 12.3. The molecule has 2 rings (SSSR count). The van der Waals surface area contributed by atoms with Crippen LogP contribution in [0.5, 0.6) is 5.75 Å². The predicted molar refractivity (Wildman–Crippen MR) is 77.6 cm³/mol. The van der Waals surface area contributed by atoms with Crippen LogP contribution in [0.15, 0.2) is 18.2 Å². The second kappa shape index (κ2) is 6.53. The summed E-state index contributed by atoms with van der Waals surface area (Å²) in [5.74, 6) is -0.0514. The quantitative estimate of drug-likeness (QED) is 0.647. The highest BCUT2D eigenvalue weighted by Gasteiger charge is 2.23. The molecule has 1 saturated heterocycles. The van der Waals surface area contributed by atoms with Gasteiger partial charge >= 0.3 is 0 Å². The Kier molecular flexibility index (Phi) is 4.74. The minimum Gasteiger partial charge on any atom is -0.496 e. The summed E-state index contributed by atoms with van der Waals surface area (Å²) in [6.45, 7) is 2.94. The third-order valence-electron chi connectivity index (χ3n) is 3.60. The van der Waals surface area contributed by atoms with Crippen LogP contribution < -0.4 is 15.4 Å².